The van der Waals surface area contributed by atoms with Crippen molar-refractivity contribution < 1.29 is 0 Å². The molecule has 1 heterocycles. The molecule has 0 radical (unpaired) electrons. The van der Waals surface area contributed by atoms with Gasteiger partial charge < -0.3 is 0 Å². The minimum atomic E-state index is 0.275. The molecule has 0 bridgehead atoms. The molecule has 20 heavy (non-hydrogen) atoms. The van der Waals surface area contributed by atoms with Gasteiger partial charge in [-0.25, -0.2) is 0 Å². The third-order valence-corrected chi connectivity index (χ3v) is 5.94. The van der Waals surface area contributed by atoms with E-state index in [1.807, 2.05) is 11.8 Å². The van der Waals surface area contributed by atoms with Crippen molar-refractivity contribution in [2.75, 3.05) is 5.75 Å². The van der Waals surface area contributed by atoms with Gasteiger partial charge in [0, 0.05) is 30.0 Å². The van der Waals surface area contributed by atoms with Gasteiger partial charge in [0.05, 0.1) is 15.9 Å². The molecule has 0 aliphatic heterocycles. The van der Waals surface area contributed by atoms with Crippen molar-refractivity contribution in [3.63, 3.8) is 0 Å². The summed E-state index contributed by atoms with van der Waals surface area (Å²) in [6, 6.07) is 0.275. The van der Waals surface area contributed by atoms with Crippen LogP contribution < -0.4 is 11.3 Å². The van der Waals surface area contributed by atoms with Gasteiger partial charge in [0.1, 0.15) is 0 Å². The largest absolute Gasteiger partial charge is 0.271 e. The van der Waals surface area contributed by atoms with E-state index in [4.69, 9.17) is 5.84 Å². The second-order valence-electron chi connectivity index (χ2n) is 5.00. The molecule has 1 rings (SSSR count). The highest BCUT2D eigenvalue weighted by Gasteiger charge is 2.18. The number of hydrogen-bond donors (Lipinski definition) is 2. The fourth-order valence-corrected chi connectivity index (χ4v) is 3.75. The lowest BCUT2D eigenvalue weighted by Gasteiger charge is -2.18. The average molecular weight is 363 g/mol. The summed E-state index contributed by atoms with van der Waals surface area (Å²) < 4.78 is 3.23. The number of nitrogens with two attached hydrogens (primary N) is 1. The monoisotopic (exact) mass is 362 g/mol. The maximum atomic E-state index is 5.72. The van der Waals surface area contributed by atoms with E-state index in [0.717, 1.165) is 35.3 Å². The Kier molecular flexibility index (Phi) is 8.17. The zero-order chi connectivity index (χ0) is 15.1. The second kappa shape index (κ2) is 9.07. The molecule has 0 aliphatic rings. The number of hydrogen-bond acceptors (Lipinski definition) is 4. The van der Waals surface area contributed by atoms with Crippen LogP contribution in [-0.4, -0.2) is 26.8 Å². The molecular formula is C14H27BrN4S. The van der Waals surface area contributed by atoms with E-state index in [9.17, 15) is 0 Å². The van der Waals surface area contributed by atoms with Crippen LogP contribution in [0.1, 0.15) is 45.5 Å². The van der Waals surface area contributed by atoms with E-state index >= 15 is 0 Å². The van der Waals surface area contributed by atoms with E-state index < -0.39 is 0 Å². The van der Waals surface area contributed by atoms with Crippen LogP contribution in [0.3, 0.4) is 0 Å². The van der Waals surface area contributed by atoms with Crippen LogP contribution in [0, 0.1) is 0 Å². The Hall–Kier alpha value is -0.0400. The highest BCUT2D eigenvalue weighted by Crippen LogP contribution is 2.24. The molecule has 0 fully saturated rings. The van der Waals surface area contributed by atoms with Crippen molar-refractivity contribution in [1.29, 1.82) is 0 Å². The van der Waals surface area contributed by atoms with Gasteiger partial charge in [0.25, 0.3) is 0 Å². The Bertz CT molecular complexity index is 408. The van der Waals surface area contributed by atoms with E-state index in [1.165, 1.54) is 12.1 Å². The zero-order valence-corrected chi connectivity index (χ0v) is 15.4. The molecule has 0 aliphatic carbocycles. The number of aryl methyl sites for hydroxylation is 2. The van der Waals surface area contributed by atoms with Crippen molar-refractivity contribution in [2.45, 2.75) is 64.8 Å². The summed E-state index contributed by atoms with van der Waals surface area (Å²) in [6.45, 7) is 9.64. The number of aromatic nitrogens is 2. The van der Waals surface area contributed by atoms with Gasteiger partial charge in [0.2, 0.25) is 0 Å². The first-order valence-electron chi connectivity index (χ1n) is 7.38. The summed E-state index contributed by atoms with van der Waals surface area (Å²) in [5.41, 5.74) is 5.33. The lowest BCUT2D eigenvalue weighted by molar-refractivity contribution is 0.532. The van der Waals surface area contributed by atoms with Crippen LogP contribution >= 0.6 is 27.7 Å². The first kappa shape index (κ1) is 18.0. The Balaban J connectivity index is 2.76. The summed E-state index contributed by atoms with van der Waals surface area (Å²) >= 11 is 5.67. The fraction of sp³-hybridized carbons (Fsp3) is 0.786. The standard InChI is InChI=1S/C14H27BrN4S/c1-5-10(4)20-9-11(17-16)8-13-14(15)12(6-2)18-19(13)7-3/h10-11,17H,5-9,16H2,1-4H3. The molecule has 2 atom stereocenters. The maximum Gasteiger partial charge on any atom is 0.0766 e. The Morgan fingerprint density at radius 2 is 2.10 bits per heavy atom. The number of rotatable bonds is 9. The number of halogens is 1. The molecule has 6 heteroatoms. The van der Waals surface area contributed by atoms with Crippen molar-refractivity contribution in [2.24, 2.45) is 5.84 Å². The molecule has 0 aromatic carbocycles. The molecule has 4 nitrogen and oxygen atoms in total. The van der Waals surface area contributed by atoms with Gasteiger partial charge in [-0.1, -0.05) is 20.8 Å². The van der Waals surface area contributed by atoms with Gasteiger partial charge >= 0.3 is 0 Å². The van der Waals surface area contributed by atoms with Crippen molar-refractivity contribution in [1.82, 2.24) is 15.2 Å². The first-order chi connectivity index (χ1) is 9.57. The molecule has 116 valence electrons. The molecule has 0 saturated carbocycles. The average Bonchev–Trinajstić information content (AvgIpc) is 2.78. The highest BCUT2D eigenvalue weighted by atomic mass is 79.9. The van der Waals surface area contributed by atoms with E-state index in [2.05, 4.69) is 58.8 Å². The maximum absolute atomic E-state index is 5.72. The van der Waals surface area contributed by atoms with Crippen LogP contribution in [-0.2, 0) is 19.4 Å². The highest BCUT2D eigenvalue weighted by molar-refractivity contribution is 9.10. The Morgan fingerprint density at radius 3 is 2.60 bits per heavy atom. The Labute approximate surface area is 135 Å². The van der Waals surface area contributed by atoms with Crippen LogP contribution in [0.15, 0.2) is 4.47 Å². The van der Waals surface area contributed by atoms with E-state index in [-0.39, 0.29) is 6.04 Å². The third kappa shape index (κ3) is 4.76. The molecular weight excluding hydrogens is 336 g/mol. The molecule has 0 spiro atoms. The summed E-state index contributed by atoms with van der Waals surface area (Å²) in [6.07, 6.45) is 3.04. The summed E-state index contributed by atoms with van der Waals surface area (Å²) in [4.78, 5) is 0. The minimum Gasteiger partial charge on any atom is -0.271 e. The molecule has 1 aromatic heterocycles. The van der Waals surface area contributed by atoms with Crippen LogP contribution in [0.25, 0.3) is 0 Å². The van der Waals surface area contributed by atoms with E-state index in [0.29, 0.717) is 5.25 Å². The third-order valence-electron chi connectivity index (χ3n) is 3.53. The normalized spacial score (nSPS) is 14.5. The molecule has 0 saturated heterocycles. The topological polar surface area (TPSA) is 55.9 Å². The molecule has 0 amide bonds. The Morgan fingerprint density at radius 1 is 1.40 bits per heavy atom. The fourth-order valence-electron chi connectivity index (χ4n) is 2.01. The zero-order valence-electron chi connectivity index (χ0n) is 12.9. The van der Waals surface area contributed by atoms with Crippen LogP contribution in [0.2, 0.25) is 0 Å². The number of thioether (sulfide) groups is 1. The summed E-state index contributed by atoms with van der Waals surface area (Å²) in [5, 5.41) is 5.32. The predicted octanol–water partition coefficient (Wildman–Crippen LogP) is 3.13. The number of hydrazine groups is 1. The van der Waals surface area contributed by atoms with Gasteiger partial charge in [-0.2, -0.15) is 16.9 Å². The minimum absolute atomic E-state index is 0.275. The molecule has 2 unspecified atom stereocenters. The van der Waals surface area contributed by atoms with Crippen LogP contribution in [0.4, 0.5) is 0 Å². The first-order valence-corrected chi connectivity index (χ1v) is 9.23. The van der Waals surface area contributed by atoms with Crippen molar-refractivity contribution >= 4 is 27.7 Å². The van der Waals surface area contributed by atoms with Crippen molar-refractivity contribution in [3.05, 3.63) is 15.9 Å². The lowest BCUT2D eigenvalue weighted by Crippen LogP contribution is -2.39. The lowest BCUT2D eigenvalue weighted by atomic mass is 10.1. The molecule has 3 N–H and O–H groups in total. The van der Waals surface area contributed by atoms with Gasteiger partial charge in [-0.3, -0.25) is 16.0 Å². The van der Waals surface area contributed by atoms with Gasteiger partial charge in [-0.05, 0) is 35.7 Å². The van der Waals surface area contributed by atoms with E-state index in [1.54, 1.807) is 0 Å². The van der Waals surface area contributed by atoms with Crippen LogP contribution in [0.5, 0.6) is 0 Å². The SMILES string of the molecule is CCc1nn(CC)c(CC(CSC(C)CC)NN)c1Br. The summed E-state index contributed by atoms with van der Waals surface area (Å²) in [5.74, 6) is 6.74. The quantitative estimate of drug-likeness (QED) is 0.523. The number of nitrogens with one attached hydrogen (secondary N) is 1. The van der Waals surface area contributed by atoms with Gasteiger partial charge in [-0.15, -0.1) is 0 Å². The van der Waals surface area contributed by atoms with Gasteiger partial charge in [0.15, 0.2) is 0 Å². The smallest absolute Gasteiger partial charge is 0.0766 e. The predicted molar refractivity (Wildman–Crippen MR) is 92.0 cm³/mol. The second-order valence-corrected chi connectivity index (χ2v) is 7.26. The van der Waals surface area contributed by atoms with Crippen molar-refractivity contribution in [3.8, 4) is 0 Å². The number of nitrogens with zero attached hydrogens (tertiary/aromatic N) is 2. The molecule has 1 aromatic rings. The summed E-state index contributed by atoms with van der Waals surface area (Å²) in [7, 11) is 0.